The van der Waals surface area contributed by atoms with E-state index in [2.05, 4.69) is 52.0 Å². The van der Waals surface area contributed by atoms with Gasteiger partial charge in [-0.15, -0.1) is 11.3 Å². The van der Waals surface area contributed by atoms with Gasteiger partial charge in [0.2, 0.25) is 5.95 Å². The van der Waals surface area contributed by atoms with Crippen molar-refractivity contribution in [1.82, 2.24) is 9.97 Å². The van der Waals surface area contributed by atoms with Gasteiger partial charge in [0.15, 0.2) is 0 Å². The first-order chi connectivity index (χ1) is 9.11. The van der Waals surface area contributed by atoms with Crippen LogP contribution in [0.2, 0.25) is 0 Å². The molecule has 0 amide bonds. The van der Waals surface area contributed by atoms with Crippen LogP contribution in [0.3, 0.4) is 0 Å². The van der Waals surface area contributed by atoms with Crippen LogP contribution < -0.4 is 10.6 Å². The van der Waals surface area contributed by atoms with Gasteiger partial charge in [-0.3, -0.25) is 0 Å². The van der Waals surface area contributed by atoms with Crippen LogP contribution in [0.4, 0.5) is 11.8 Å². The molecule has 4 nitrogen and oxygen atoms in total. The molecule has 0 radical (unpaired) electrons. The Labute approximate surface area is 118 Å². The molecule has 2 heterocycles. The zero-order chi connectivity index (χ0) is 13.8. The molecule has 19 heavy (non-hydrogen) atoms. The van der Waals surface area contributed by atoms with Crippen molar-refractivity contribution in [3.63, 3.8) is 0 Å². The highest BCUT2D eigenvalue weighted by Gasteiger charge is 2.18. The maximum atomic E-state index is 4.49. The summed E-state index contributed by atoms with van der Waals surface area (Å²) >= 11 is 1.77. The first kappa shape index (κ1) is 13.8. The highest BCUT2D eigenvalue weighted by Crippen LogP contribution is 2.30. The predicted molar refractivity (Wildman–Crippen MR) is 81.8 cm³/mol. The van der Waals surface area contributed by atoms with Gasteiger partial charge in [0, 0.05) is 23.7 Å². The average Bonchev–Trinajstić information content (AvgIpc) is 2.91. The van der Waals surface area contributed by atoms with Gasteiger partial charge < -0.3 is 10.6 Å². The lowest BCUT2D eigenvalue weighted by Gasteiger charge is -2.23. The third-order valence-corrected chi connectivity index (χ3v) is 3.96. The molecule has 0 spiro atoms. The molecule has 102 valence electrons. The Morgan fingerprint density at radius 2 is 2.11 bits per heavy atom. The van der Waals surface area contributed by atoms with E-state index in [0.29, 0.717) is 11.9 Å². The molecule has 0 aliphatic carbocycles. The number of anilines is 2. The third kappa shape index (κ3) is 3.23. The van der Waals surface area contributed by atoms with Crippen molar-refractivity contribution in [3.8, 4) is 0 Å². The minimum atomic E-state index is 0.276. The van der Waals surface area contributed by atoms with E-state index in [4.69, 9.17) is 0 Å². The van der Waals surface area contributed by atoms with Gasteiger partial charge >= 0.3 is 0 Å². The highest BCUT2D eigenvalue weighted by molar-refractivity contribution is 7.10. The number of hydrogen-bond acceptors (Lipinski definition) is 5. The number of aryl methyl sites for hydroxylation is 1. The van der Waals surface area contributed by atoms with E-state index in [-0.39, 0.29) is 6.04 Å². The Bertz CT molecular complexity index is 522. The fraction of sp³-hybridized carbons (Fsp3) is 0.429. The molecule has 0 aliphatic rings. The summed E-state index contributed by atoms with van der Waals surface area (Å²) in [6.45, 7) is 6.45. The summed E-state index contributed by atoms with van der Waals surface area (Å²) in [5.41, 5.74) is 1.06. The molecule has 0 saturated heterocycles. The van der Waals surface area contributed by atoms with E-state index in [1.54, 1.807) is 11.3 Å². The zero-order valence-electron chi connectivity index (χ0n) is 11.8. The van der Waals surface area contributed by atoms with Crippen molar-refractivity contribution in [1.29, 1.82) is 0 Å². The van der Waals surface area contributed by atoms with Gasteiger partial charge in [-0.2, -0.15) is 4.98 Å². The molecule has 2 aromatic heterocycles. The zero-order valence-corrected chi connectivity index (χ0v) is 12.6. The van der Waals surface area contributed by atoms with Crippen LogP contribution in [-0.2, 0) is 0 Å². The lowest BCUT2D eigenvalue weighted by molar-refractivity contribution is 0.551. The van der Waals surface area contributed by atoms with E-state index in [1.165, 1.54) is 4.88 Å². The summed E-state index contributed by atoms with van der Waals surface area (Å²) in [5.74, 6) is 2.03. The minimum Gasteiger partial charge on any atom is -0.362 e. The lowest BCUT2D eigenvalue weighted by Crippen LogP contribution is -2.17. The minimum absolute atomic E-state index is 0.276. The van der Waals surface area contributed by atoms with E-state index in [9.17, 15) is 0 Å². The number of hydrogen-bond donors (Lipinski definition) is 2. The molecular weight excluding hydrogens is 256 g/mol. The SMILES string of the molecule is CNc1ncc(C)c(NC(c2cccs2)C(C)C)n1. The standard InChI is InChI=1S/C14H20N4S/c1-9(2)12(11-6-5-7-19-11)17-13-10(3)8-16-14(15-4)18-13/h5-9,12H,1-4H3,(H2,15,16,17,18). The molecule has 0 saturated carbocycles. The van der Waals surface area contributed by atoms with E-state index >= 15 is 0 Å². The summed E-state index contributed by atoms with van der Waals surface area (Å²) in [6.07, 6.45) is 1.84. The fourth-order valence-corrected chi connectivity index (χ4v) is 2.84. The molecule has 2 rings (SSSR count). The van der Waals surface area contributed by atoms with E-state index < -0.39 is 0 Å². The van der Waals surface area contributed by atoms with Crippen molar-refractivity contribution in [2.45, 2.75) is 26.8 Å². The van der Waals surface area contributed by atoms with Crippen LogP contribution in [0.5, 0.6) is 0 Å². The summed E-state index contributed by atoms with van der Waals surface area (Å²) in [5, 5.41) is 8.62. The number of rotatable bonds is 5. The van der Waals surface area contributed by atoms with Crippen molar-refractivity contribution in [2.24, 2.45) is 5.92 Å². The molecule has 0 bridgehead atoms. The van der Waals surface area contributed by atoms with Gasteiger partial charge in [-0.1, -0.05) is 19.9 Å². The summed E-state index contributed by atoms with van der Waals surface area (Å²) < 4.78 is 0. The van der Waals surface area contributed by atoms with Crippen LogP contribution in [-0.4, -0.2) is 17.0 Å². The Morgan fingerprint density at radius 1 is 1.32 bits per heavy atom. The van der Waals surface area contributed by atoms with Crippen LogP contribution in [0.1, 0.15) is 30.3 Å². The number of nitrogens with one attached hydrogen (secondary N) is 2. The number of thiophene rings is 1. The normalized spacial score (nSPS) is 12.5. The predicted octanol–water partition coefficient (Wildman–Crippen LogP) is 3.70. The third-order valence-electron chi connectivity index (χ3n) is 3.00. The van der Waals surface area contributed by atoms with Crippen molar-refractivity contribution < 1.29 is 0 Å². The van der Waals surface area contributed by atoms with Crippen molar-refractivity contribution in [2.75, 3.05) is 17.7 Å². The van der Waals surface area contributed by atoms with Gasteiger partial charge in [-0.25, -0.2) is 4.98 Å². The van der Waals surface area contributed by atoms with E-state index in [1.807, 2.05) is 20.2 Å². The van der Waals surface area contributed by atoms with E-state index in [0.717, 1.165) is 11.4 Å². The quantitative estimate of drug-likeness (QED) is 0.874. The van der Waals surface area contributed by atoms with Crippen LogP contribution in [0, 0.1) is 12.8 Å². The van der Waals surface area contributed by atoms with Crippen LogP contribution in [0.15, 0.2) is 23.7 Å². The Morgan fingerprint density at radius 3 is 2.68 bits per heavy atom. The summed E-state index contributed by atoms with van der Waals surface area (Å²) in [6, 6.07) is 4.53. The largest absolute Gasteiger partial charge is 0.362 e. The molecule has 1 unspecified atom stereocenters. The topological polar surface area (TPSA) is 49.8 Å². The van der Waals surface area contributed by atoms with Gasteiger partial charge in [0.05, 0.1) is 6.04 Å². The molecule has 5 heteroatoms. The van der Waals surface area contributed by atoms with Crippen LogP contribution in [0.25, 0.3) is 0 Å². The molecule has 1 atom stereocenters. The second-order valence-corrected chi connectivity index (χ2v) is 5.84. The average molecular weight is 276 g/mol. The molecule has 0 aliphatic heterocycles. The molecule has 0 aromatic carbocycles. The Balaban J connectivity index is 2.27. The van der Waals surface area contributed by atoms with Crippen molar-refractivity contribution >= 4 is 23.1 Å². The second-order valence-electron chi connectivity index (χ2n) is 4.86. The molecule has 2 aromatic rings. The van der Waals surface area contributed by atoms with Gasteiger partial charge in [0.1, 0.15) is 5.82 Å². The van der Waals surface area contributed by atoms with Gasteiger partial charge in [-0.05, 0) is 24.3 Å². The smallest absolute Gasteiger partial charge is 0.224 e. The number of aromatic nitrogens is 2. The maximum Gasteiger partial charge on any atom is 0.224 e. The maximum absolute atomic E-state index is 4.49. The van der Waals surface area contributed by atoms with Crippen molar-refractivity contribution in [3.05, 3.63) is 34.2 Å². The monoisotopic (exact) mass is 276 g/mol. The summed E-state index contributed by atoms with van der Waals surface area (Å²) in [4.78, 5) is 10.0. The first-order valence-corrected chi connectivity index (χ1v) is 7.31. The molecule has 0 fully saturated rings. The van der Waals surface area contributed by atoms with Crippen LogP contribution >= 0.6 is 11.3 Å². The summed E-state index contributed by atoms with van der Waals surface area (Å²) in [7, 11) is 1.83. The first-order valence-electron chi connectivity index (χ1n) is 6.43. The highest BCUT2D eigenvalue weighted by atomic mass is 32.1. The van der Waals surface area contributed by atoms with Gasteiger partial charge in [0.25, 0.3) is 0 Å². The lowest BCUT2D eigenvalue weighted by atomic mass is 10.0. The molecular formula is C14H20N4S. The second kappa shape index (κ2) is 6.02. The Hall–Kier alpha value is -1.62. The Kier molecular flexibility index (Phi) is 4.37. The fourth-order valence-electron chi connectivity index (χ4n) is 1.89. The molecule has 2 N–H and O–H groups in total. The number of nitrogens with zero attached hydrogens (tertiary/aromatic N) is 2.